The summed E-state index contributed by atoms with van der Waals surface area (Å²) in [5.74, 6) is 0. The van der Waals surface area contributed by atoms with Gasteiger partial charge in [0, 0.05) is 0 Å². The lowest BCUT2D eigenvalue weighted by Gasteiger charge is -2.10. The Bertz CT molecular complexity index is 578. The van der Waals surface area contributed by atoms with E-state index in [1.54, 1.807) is 4.57 Å². The Morgan fingerprint density at radius 1 is 1.65 bits per heavy atom. The van der Waals surface area contributed by atoms with Crippen molar-refractivity contribution >= 4 is 22.9 Å². The molecular formula is C9H13N5O2S. The van der Waals surface area contributed by atoms with Crippen LogP contribution in [0, 0.1) is 5.41 Å². The number of hydrogen-bond donors (Lipinski definition) is 4. The van der Waals surface area contributed by atoms with Gasteiger partial charge in [0.05, 0.1) is 25.6 Å². The number of nitrogens with one attached hydrogen (secondary N) is 2. The highest BCUT2D eigenvalue weighted by atomic mass is 32.2. The predicted molar refractivity (Wildman–Crippen MR) is 62.6 cm³/mol. The highest BCUT2D eigenvalue weighted by molar-refractivity contribution is 7.98. The smallest absolute Gasteiger partial charge is 0.173 e. The number of aliphatic hydroxyl groups excluding tert-OH is 2. The number of thioether (sulfide) groups is 1. The van der Waals surface area contributed by atoms with Crippen molar-refractivity contribution < 1.29 is 10.2 Å². The van der Waals surface area contributed by atoms with Crippen molar-refractivity contribution in [3.8, 4) is 0 Å². The van der Waals surface area contributed by atoms with Gasteiger partial charge in [-0.1, -0.05) is 11.8 Å². The summed E-state index contributed by atoms with van der Waals surface area (Å²) < 4.78 is 1.62. The van der Waals surface area contributed by atoms with Crippen LogP contribution in [-0.4, -0.2) is 48.7 Å². The minimum absolute atomic E-state index is 0.113. The molecule has 0 aromatic carbocycles. The fourth-order valence-corrected chi connectivity index (χ4v) is 1.86. The van der Waals surface area contributed by atoms with Gasteiger partial charge in [0.15, 0.2) is 16.3 Å². The summed E-state index contributed by atoms with van der Waals surface area (Å²) >= 11 is 1.43. The number of hydrogen-bond acceptors (Lipinski definition) is 6. The summed E-state index contributed by atoms with van der Waals surface area (Å²) in [7, 11) is 0. The van der Waals surface area contributed by atoms with Gasteiger partial charge < -0.3 is 19.8 Å². The van der Waals surface area contributed by atoms with Gasteiger partial charge >= 0.3 is 0 Å². The van der Waals surface area contributed by atoms with Gasteiger partial charge in [0.1, 0.15) is 5.52 Å². The molecule has 0 radical (unpaired) electrons. The lowest BCUT2D eigenvalue weighted by Crippen LogP contribution is -2.22. The maximum Gasteiger partial charge on any atom is 0.173 e. The Morgan fingerprint density at radius 3 is 3.06 bits per heavy atom. The first-order valence-corrected chi connectivity index (χ1v) is 6.21. The molecule has 2 aromatic heterocycles. The topological polar surface area (TPSA) is 111 Å². The molecule has 0 saturated heterocycles. The molecular weight excluding hydrogens is 242 g/mol. The highest BCUT2D eigenvalue weighted by Crippen LogP contribution is 2.14. The van der Waals surface area contributed by atoms with Crippen molar-refractivity contribution in [3.63, 3.8) is 0 Å². The first-order chi connectivity index (χ1) is 8.15. The molecule has 0 aliphatic carbocycles. The maximum absolute atomic E-state index is 9.42. The SMILES string of the molecule is CSc1nc2c([nH]1)c(=N)ncn2C[C@@H](O)CO. The number of fused-ring (bicyclic) bond motifs is 1. The van der Waals surface area contributed by atoms with E-state index in [4.69, 9.17) is 10.5 Å². The van der Waals surface area contributed by atoms with Crippen molar-refractivity contribution in [2.24, 2.45) is 0 Å². The van der Waals surface area contributed by atoms with Gasteiger partial charge in [-0.25, -0.2) is 9.97 Å². The first kappa shape index (κ1) is 12.1. The third-order valence-corrected chi connectivity index (χ3v) is 2.89. The fraction of sp³-hybridized carbons (Fsp3) is 0.444. The number of nitrogens with zero attached hydrogens (tertiary/aromatic N) is 3. The Hall–Kier alpha value is -1.38. The summed E-state index contributed by atoms with van der Waals surface area (Å²) in [5.41, 5.74) is 1.20. The molecule has 4 N–H and O–H groups in total. The van der Waals surface area contributed by atoms with Crippen molar-refractivity contribution in [2.75, 3.05) is 12.9 Å². The Labute approximate surface area is 101 Å². The van der Waals surface area contributed by atoms with E-state index in [-0.39, 0.29) is 18.6 Å². The Morgan fingerprint density at radius 2 is 2.41 bits per heavy atom. The summed E-state index contributed by atoms with van der Waals surface area (Å²) in [6, 6.07) is 0. The van der Waals surface area contributed by atoms with Gasteiger partial charge in [-0.15, -0.1) is 0 Å². The molecule has 0 spiro atoms. The third kappa shape index (κ3) is 2.33. The van der Waals surface area contributed by atoms with Crippen LogP contribution in [0.25, 0.3) is 11.2 Å². The second kappa shape index (κ2) is 4.86. The molecule has 0 unspecified atom stereocenters. The monoisotopic (exact) mass is 255 g/mol. The van der Waals surface area contributed by atoms with Crippen LogP contribution in [0.4, 0.5) is 0 Å². The number of aromatic amines is 1. The van der Waals surface area contributed by atoms with E-state index in [1.165, 1.54) is 18.1 Å². The van der Waals surface area contributed by atoms with Crippen molar-refractivity contribution in [2.45, 2.75) is 17.8 Å². The largest absolute Gasteiger partial charge is 0.394 e. The van der Waals surface area contributed by atoms with Crippen LogP contribution in [0.2, 0.25) is 0 Å². The summed E-state index contributed by atoms with van der Waals surface area (Å²) in [6.07, 6.45) is 2.45. The zero-order valence-corrected chi connectivity index (χ0v) is 10.0. The third-order valence-electron chi connectivity index (χ3n) is 2.31. The van der Waals surface area contributed by atoms with Gasteiger partial charge in [0.25, 0.3) is 0 Å². The minimum atomic E-state index is -0.865. The average Bonchev–Trinajstić information content (AvgIpc) is 2.77. The van der Waals surface area contributed by atoms with Crippen molar-refractivity contribution in [1.29, 1.82) is 5.41 Å². The molecule has 0 aliphatic rings. The normalized spacial score (nSPS) is 13.1. The predicted octanol–water partition coefficient (Wildman–Crippen LogP) is -0.686. The molecule has 2 heterocycles. The van der Waals surface area contributed by atoms with Gasteiger partial charge in [0.2, 0.25) is 0 Å². The standard InChI is InChI=1S/C9H13N5O2S/c1-17-9-12-6-7(10)11-4-14(8(6)13-9)2-5(16)3-15/h4-5,10,15-16H,2-3H2,1H3,(H,12,13)/t5-/m1/s1. The van der Waals surface area contributed by atoms with Crippen molar-refractivity contribution in [1.82, 2.24) is 19.5 Å². The van der Waals surface area contributed by atoms with E-state index >= 15 is 0 Å². The number of aliphatic hydroxyl groups is 2. The lowest BCUT2D eigenvalue weighted by molar-refractivity contribution is 0.0817. The van der Waals surface area contributed by atoms with Gasteiger partial charge in [-0.2, -0.15) is 0 Å². The molecule has 0 amide bonds. The molecule has 92 valence electrons. The zero-order valence-electron chi connectivity index (χ0n) is 9.21. The van der Waals surface area contributed by atoms with E-state index in [9.17, 15) is 5.11 Å². The van der Waals surface area contributed by atoms with Crippen LogP contribution in [0.5, 0.6) is 0 Å². The van der Waals surface area contributed by atoms with Crippen LogP contribution in [-0.2, 0) is 6.54 Å². The summed E-state index contributed by atoms with van der Waals surface area (Å²) in [4.78, 5) is 11.2. The molecule has 7 nitrogen and oxygen atoms in total. The zero-order chi connectivity index (χ0) is 12.4. The van der Waals surface area contributed by atoms with Crippen LogP contribution in [0.3, 0.4) is 0 Å². The molecule has 1 atom stereocenters. The minimum Gasteiger partial charge on any atom is -0.394 e. The second-order valence-electron chi connectivity index (χ2n) is 3.53. The Balaban J connectivity index is 2.53. The quantitative estimate of drug-likeness (QED) is 0.541. The maximum atomic E-state index is 9.42. The van der Waals surface area contributed by atoms with Crippen LogP contribution in [0.15, 0.2) is 11.5 Å². The lowest BCUT2D eigenvalue weighted by atomic mass is 10.3. The molecule has 2 aromatic rings. The molecule has 8 heteroatoms. The van der Waals surface area contributed by atoms with E-state index in [0.29, 0.717) is 16.3 Å². The van der Waals surface area contributed by atoms with Gasteiger partial charge in [-0.3, -0.25) is 5.41 Å². The number of aromatic nitrogens is 4. The van der Waals surface area contributed by atoms with Crippen LogP contribution < -0.4 is 5.49 Å². The number of imidazole rings is 1. The van der Waals surface area contributed by atoms with E-state index in [1.807, 2.05) is 6.26 Å². The number of H-pyrrole nitrogens is 1. The molecule has 17 heavy (non-hydrogen) atoms. The molecule has 0 saturated carbocycles. The molecule has 0 fully saturated rings. The highest BCUT2D eigenvalue weighted by Gasteiger charge is 2.11. The Kier molecular flexibility index (Phi) is 3.46. The van der Waals surface area contributed by atoms with E-state index < -0.39 is 6.10 Å². The average molecular weight is 255 g/mol. The van der Waals surface area contributed by atoms with Crippen LogP contribution in [0.1, 0.15) is 0 Å². The molecule has 0 bridgehead atoms. The van der Waals surface area contributed by atoms with E-state index in [2.05, 4.69) is 15.0 Å². The summed E-state index contributed by atoms with van der Waals surface area (Å²) in [5, 5.41) is 26.6. The first-order valence-electron chi connectivity index (χ1n) is 4.98. The second-order valence-corrected chi connectivity index (χ2v) is 4.32. The summed E-state index contributed by atoms with van der Waals surface area (Å²) in [6.45, 7) is -0.129. The van der Waals surface area contributed by atoms with E-state index in [0.717, 1.165) is 0 Å². The molecule has 2 rings (SSSR count). The van der Waals surface area contributed by atoms with Crippen molar-refractivity contribution in [3.05, 3.63) is 11.8 Å². The molecule has 0 aliphatic heterocycles. The van der Waals surface area contributed by atoms with Gasteiger partial charge in [-0.05, 0) is 6.26 Å². The van der Waals surface area contributed by atoms with Crippen LogP contribution >= 0.6 is 11.8 Å². The fourth-order valence-electron chi connectivity index (χ4n) is 1.48. The number of rotatable bonds is 4.